The van der Waals surface area contributed by atoms with Crippen LogP contribution in [0.25, 0.3) is 0 Å². The standard InChI is InChI=1S/C6H10O3/c1-4-6(8)5(7)2-3-9-4/h2-8H,1H3/t4-,5+,6+/m0/s1. The molecule has 1 aliphatic heterocycles. The van der Waals surface area contributed by atoms with Crippen LogP contribution in [0.3, 0.4) is 0 Å². The van der Waals surface area contributed by atoms with Crippen LogP contribution >= 0.6 is 0 Å². The second kappa shape index (κ2) is 2.37. The molecule has 0 aromatic heterocycles. The zero-order valence-corrected chi connectivity index (χ0v) is 5.19. The van der Waals surface area contributed by atoms with Gasteiger partial charge in [-0.1, -0.05) is 0 Å². The van der Waals surface area contributed by atoms with Crippen molar-refractivity contribution in [1.29, 1.82) is 0 Å². The summed E-state index contributed by atoms with van der Waals surface area (Å²) in [5.41, 5.74) is 0. The van der Waals surface area contributed by atoms with Gasteiger partial charge < -0.3 is 14.9 Å². The number of hydrogen-bond donors (Lipinski definition) is 2. The molecule has 0 saturated carbocycles. The first-order valence-corrected chi connectivity index (χ1v) is 2.90. The van der Waals surface area contributed by atoms with Crippen molar-refractivity contribution in [1.82, 2.24) is 0 Å². The van der Waals surface area contributed by atoms with Crippen molar-refractivity contribution >= 4 is 0 Å². The minimum atomic E-state index is -0.782. The Balaban J connectivity index is 2.58. The number of hydrogen-bond acceptors (Lipinski definition) is 3. The van der Waals surface area contributed by atoms with Crippen LogP contribution in [0.2, 0.25) is 0 Å². The summed E-state index contributed by atoms with van der Waals surface area (Å²) in [6.07, 6.45) is 0.973. The van der Waals surface area contributed by atoms with Crippen LogP contribution < -0.4 is 0 Å². The molecule has 3 heteroatoms. The lowest BCUT2D eigenvalue weighted by Crippen LogP contribution is -2.37. The van der Waals surface area contributed by atoms with Crippen LogP contribution in [0, 0.1) is 0 Å². The van der Waals surface area contributed by atoms with E-state index >= 15 is 0 Å². The molecule has 0 aliphatic carbocycles. The van der Waals surface area contributed by atoms with Gasteiger partial charge in [-0.25, -0.2) is 0 Å². The summed E-state index contributed by atoms with van der Waals surface area (Å²) in [6, 6.07) is 0. The Hall–Kier alpha value is -0.540. The van der Waals surface area contributed by atoms with Gasteiger partial charge in [0, 0.05) is 0 Å². The van der Waals surface area contributed by atoms with Crippen LogP contribution in [0.15, 0.2) is 12.3 Å². The van der Waals surface area contributed by atoms with E-state index in [0.29, 0.717) is 0 Å². The highest BCUT2D eigenvalue weighted by atomic mass is 16.5. The highest BCUT2D eigenvalue weighted by Gasteiger charge is 2.24. The maximum Gasteiger partial charge on any atom is 0.124 e. The predicted octanol–water partition coefficient (Wildman–Crippen LogP) is -0.359. The Kier molecular flexibility index (Phi) is 1.73. The third-order valence-corrected chi connectivity index (χ3v) is 1.40. The Morgan fingerprint density at radius 3 is 2.56 bits per heavy atom. The molecule has 52 valence electrons. The van der Waals surface area contributed by atoms with Crippen molar-refractivity contribution in [2.45, 2.75) is 25.2 Å². The molecular weight excluding hydrogens is 120 g/mol. The van der Waals surface area contributed by atoms with E-state index in [0.717, 1.165) is 0 Å². The molecule has 3 nitrogen and oxygen atoms in total. The van der Waals surface area contributed by atoms with Crippen molar-refractivity contribution in [2.24, 2.45) is 0 Å². The Morgan fingerprint density at radius 2 is 2.11 bits per heavy atom. The van der Waals surface area contributed by atoms with Gasteiger partial charge in [-0.2, -0.15) is 0 Å². The minimum absolute atomic E-state index is 0.301. The second-order valence-electron chi connectivity index (χ2n) is 2.15. The van der Waals surface area contributed by atoms with Crippen molar-refractivity contribution < 1.29 is 14.9 Å². The van der Waals surface area contributed by atoms with E-state index in [9.17, 15) is 0 Å². The first-order valence-electron chi connectivity index (χ1n) is 2.90. The number of ether oxygens (including phenoxy) is 1. The van der Waals surface area contributed by atoms with E-state index < -0.39 is 12.2 Å². The molecule has 0 amide bonds. The molecule has 0 fully saturated rings. The molecule has 1 aliphatic rings. The van der Waals surface area contributed by atoms with Gasteiger partial charge in [-0.05, 0) is 13.0 Å². The lowest BCUT2D eigenvalue weighted by molar-refractivity contribution is -0.0543. The molecule has 0 spiro atoms. The molecule has 0 radical (unpaired) electrons. The molecule has 1 heterocycles. The quantitative estimate of drug-likeness (QED) is 0.471. The van der Waals surface area contributed by atoms with Crippen LogP contribution in [-0.4, -0.2) is 28.5 Å². The molecule has 0 unspecified atom stereocenters. The summed E-state index contributed by atoms with van der Waals surface area (Å²) in [5.74, 6) is 0. The van der Waals surface area contributed by atoms with Gasteiger partial charge in [0.15, 0.2) is 0 Å². The predicted molar refractivity (Wildman–Crippen MR) is 31.7 cm³/mol. The minimum Gasteiger partial charge on any atom is -0.496 e. The van der Waals surface area contributed by atoms with E-state index in [1.165, 1.54) is 12.3 Å². The van der Waals surface area contributed by atoms with Crippen molar-refractivity contribution in [3.63, 3.8) is 0 Å². The van der Waals surface area contributed by atoms with Gasteiger partial charge in [0.2, 0.25) is 0 Å². The van der Waals surface area contributed by atoms with E-state index in [4.69, 9.17) is 14.9 Å². The third-order valence-electron chi connectivity index (χ3n) is 1.40. The van der Waals surface area contributed by atoms with Crippen LogP contribution in [-0.2, 0) is 4.74 Å². The molecular formula is C6H10O3. The monoisotopic (exact) mass is 130 g/mol. The highest BCUT2D eigenvalue weighted by molar-refractivity contribution is 4.95. The van der Waals surface area contributed by atoms with Gasteiger partial charge in [0.05, 0.1) is 6.26 Å². The fraction of sp³-hybridized carbons (Fsp3) is 0.667. The Labute approximate surface area is 53.6 Å². The van der Waals surface area contributed by atoms with E-state index in [1.807, 2.05) is 0 Å². The Bertz CT molecular complexity index is 121. The maximum atomic E-state index is 9.02. The SMILES string of the molecule is C[C@@H]1OC=C[C@@H](O)[C@@H]1O. The zero-order chi connectivity index (χ0) is 6.85. The van der Waals surface area contributed by atoms with Gasteiger partial charge >= 0.3 is 0 Å². The lowest BCUT2D eigenvalue weighted by atomic mass is 10.1. The van der Waals surface area contributed by atoms with Crippen molar-refractivity contribution in [3.05, 3.63) is 12.3 Å². The van der Waals surface area contributed by atoms with Crippen LogP contribution in [0.4, 0.5) is 0 Å². The summed E-state index contributed by atoms with van der Waals surface area (Å²) >= 11 is 0. The first kappa shape index (κ1) is 6.58. The van der Waals surface area contributed by atoms with Gasteiger partial charge in [-0.3, -0.25) is 0 Å². The average Bonchev–Trinajstić information content (AvgIpc) is 1.83. The molecule has 0 aromatic carbocycles. The molecule has 0 bridgehead atoms. The normalized spacial score (nSPS) is 42.3. The molecule has 1 rings (SSSR count). The average molecular weight is 130 g/mol. The number of aliphatic hydroxyl groups excluding tert-OH is 2. The van der Waals surface area contributed by atoms with Crippen LogP contribution in [0.5, 0.6) is 0 Å². The van der Waals surface area contributed by atoms with Crippen molar-refractivity contribution in [3.8, 4) is 0 Å². The molecule has 9 heavy (non-hydrogen) atoms. The topological polar surface area (TPSA) is 49.7 Å². The van der Waals surface area contributed by atoms with Gasteiger partial charge in [0.25, 0.3) is 0 Å². The first-order chi connectivity index (χ1) is 4.22. The van der Waals surface area contributed by atoms with Gasteiger partial charge in [-0.15, -0.1) is 0 Å². The van der Waals surface area contributed by atoms with E-state index in [2.05, 4.69) is 0 Å². The fourth-order valence-electron chi connectivity index (χ4n) is 0.722. The highest BCUT2D eigenvalue weighted by Crippen LogP contribution is 2.10. The van der Waals surface area contributed by atoms with Gasteiger partial charge in [0.1, 0.15) is 18.3 Å². The number of aliphatic hydroxyl groups is 2. The van der Waals surface area contributed by atoms with E-state index in [1.54, 1.807) is 6.92 Å². The zero-order valence-electron chi connectivity index (χ0n) is 5.19. The summed E-state index contributed by atoms with van der Waals surface area (Å²) < 4.78 is 4.87. The molecule has 3 atom stereocenters. The maximum absolute atomic E-state index is 9.02. The number of rotatable bonds is 0. The fourth-order valence-corrected chi connectivity index (χ4v) is 0.722. The summed E-state index contributed by atoms with van der Waals surface area (Å²) in [4.78, 5) is 0. The second-order valence-corrected chi connectivity index (χ2v) is 2.15. The molecule has 2 N–H and O–H groups in total. The van der Waals surface area contributed by atoms with Crippen molar-refractivity contribution in [2.75, 3.05) is 0 Å². The Morgan fingerprint density at radius 1 is 1.44 bits per heavy atom. The van der Waals surface area contributed by atoms with Crippen LogP contribution in [0.1, 0.15) is 6.92 Å². The third kappa shape index (κ3) is 1.23. The summed E-state index contributed by atoms with van der Waals surface area (Å²) in [5, 5.41) is 18.0. The largest absolute Gasteiger partial charge is 0.496 e. The van der Waals surface area contributed by atoms with E-state index in [-0.39, 0.29) is 6.10 Å². The summed E-state index contributed by atoms with van der Waals surface area (Å²) in [6.45, 7) is 1.71. The molecule has 0 aromatic rings. The summed E-state index contributed by atoms with van der Waals surface area (Å²) in [7, 11) is 0. The lowest BCUT2D eigenvalue weighted by Gasteiger charge is -2.24. The smallest absolute Gasteiger partial charge is 0.124 e. The molecule has 0 saturated heterocycles.